The van der Waals surface area contributed by atoms with Gasteiger partial charge in [0.15, 0.2) is 0 Å². The lowest BCUT2D eigenvalue weighted by atomic mass is 10.0. The molecule has 0 aliphatic heterocycles. The molecule has 0 aliphatic carbocycles. The first-order valence-corrected chi connectivity index (χ1v) is 10.7. The Balaban J connectivity index is 1.60. The lowest BCUT2D eigenvalue weighted by molar-refractivity contribution is 0.0189. The lowest BCUT2D eigenvalue weighted by Crippen LogP contribution is -2.11. The van der Waals surface area contributed by atoms with Crippen LogP contribution in [0.2, 0.25) is 0 Å². The number of benzene rings is 2. The van der Waals surface area contributed by atoms with Crippen LogP contribution >= 0.6 is 0 Å². The van der Waals surface area contributed by atoms with E-state index in [1.807, 2.05) is 12.1 Å². The number of rotatable bonds is 15. The fraction of sp³-hybridized carbons (Fsp3) is 0.520. The molecule has 0 saturated carbocycles. The second kappa shape index (κ2) is 14.4. The maximum absolute atomic E-state index is 6.17. The van der Waals surface area contributed by atoms with Gasteiger partial charge in [0.25, 0.3) is 0 Å². The Labute approximate surface area is 165 Å². The van der Waals surface area contributed by atoms with Crippen molar-refractivity contribution in [3.05, 3.63) is 71.8 Å². The molecular weight excluding hydrogens is 332 g/mol. The highest BCUT2D eigenvalue weighted by Gasteiger charge is 2.13. The van der Waals surface area contributed by atoms with Gasteiger partial charge in [0.05, 0.1) is 13.2 Å². The molecule has 0 heterocycles. The van der Waals surface area contributed by atoms with Crippen LogP contribution in [0.3, 0.4) is 0 Å². The molecule has 0 saturated heterocycles. The summed E-state index contributed by atoms with van der Waals surface area (Å²) in [7, 11) is 0. The summed E-state index contributed by atoms with van der Waals surface area (Å²) in [5.41, 5.74) is 2.37. The largest absolute Gasteiger partial charge is 0.379 e. The van der Waals surface area contributed by atoms with E-state index in [0.29, 0.717) is 13.2 Å². The van der Waals surface area contributed by atoms with Crippen LogP contribution in [0.5, 0.6) is 0 Å². The van der Waals surface area contributed by atoms with Crippen LogP contribution in [0.25, 0.3) is 0 Å². The molecule has 0 atom stereocenters. The molecule has 0 amide bonds. The van der Waals surface area contributed by atoms with Crippen molar-refractivity contribution in [1.29, 1.82) is 0 Å². The van der Waals surface area contributed by atoms with Crippen LogP contribution in [-0.4, -0.2) is 19.8 Å². The molecule has 0 N–H and O–H groups in total. The van der Waals surface area contributed by atoms with E-state index < -0.39 is 0 Å². The molecule has 0 radical (unpaired) electrons. The van der Waals surface area contributed by atoms with E-state index >= 15 is 0 Å². The summed E-state index contributed by atoms with van der Waals surface area (Å²) in [6, 6.07) is 20.8. The van der Waals surface area contributed by atoms with Crippen LogP contribution in [0, 0.1) is 0 Å². The molecule has 0 bridgehead atoms. The molecule has 2 heteroatoms. The van der Waals surface area contributed by atoms with Gasteiger partial charge in [0.2, 0.25) is 0 Å². The summed E-state index contributed by atoms with van der Waals surface area (Å²) in [6.07, 6.45) is 10.6. The highest BCUT2D eigenvalue weighted by atomic mass is 16.5. The Morgan fingerprint density at radius 1 is 0.593 bits per heavy atom. The maximum Gasteiger partial charge on any atom is 0.108 e. The number of hydrogen-bond donors (Lipinski definition) is 0. The Bertz CT molecular complexity index is 528. The van der Waals surface area contributed by atoms with Gasteiger partial charge in [0.1, 0.15) is 6.10 Å². The maximum atomic E-state index is 6.17. The fourth-order valence-corrected chi connectivity index (χ4v) is 3.31. The van der Waals surface area contributed by atoms with Crippen LogP contribution in [0.15, 0.2) is 60.7 Å². The Morgan fingerprint density at radius 3 is 1.67 bits per heavy atom. The lowest BCUT2D eigenvalue weighted by Gasteiger charge is -2.19. The molecule has 148 valence electrons. The van der Waals surface area contributed by atoms with Gasteiger partial charge in [-0.25, -0.2) is 0 Å². The molecule has 2 rings (SSSR count). The standard InChI is InChI=1S/C25H36O2/c1-2-3-4-5-6-7-8-15-20-26-21-22-27-25(23-16-11-9-12-17-23)24-18-13-10-14-19-24/h9-14,16-19,25H,2-8,15,20-22H2,1H3. The quantitative estimate of drug-likeness (QED) is 0.317. The fourth-order valence-electron chi connectivity index (χ4n) is 3.31. The molecule has 2 aromatic rings. The second-order valence-corrected chi connectivity index (χ2v) is 7.16. The van der Waals surface area contributed by atoms with Gasteiger partial charge in [-0.1, -0.05) is 113 Å². The summed E-state index contributed by atoms with van der Waals surface area (Å²) in [4.78, 5) is 0. The first kappa shape index (κ1) is 21.7. The topological polar surface area (TPSA) is 18.5 Å². The monoisotopic (exact) mass is 368 g/mol. The zero-order valence-electron chi connectivity index (χ0n) is 16.9. The smallest absolute Gasteiger partial charge is 0.108 e. The van der Waals surface area contributed by atoms with E-state index in [2.05, 4.69) is 55.5 Å². The Kier molecular flexibility index (Phi) is 11.6. The average molecular weight is 369 g/mol. The van der Waals surface area contributed by atoms with E-state index in [1.54, 1.807) is 0 Å². The van der Waals surface area contributed by atoms with Gasteiger partial charge in [-0.05, 0) is 17.5 Å². The minimum absolute atomic E-state index is 0.0286. The van der Waals surface area contributed by atoms with Crippen LogP contribution in [0.1, 0.15) is 75.5 Å². The third-order valence-corrected chi connectivity index (χ3v) is 4.86. The predicted molar refractivity (Wildman–Crippen MR) is 114 cm³/mol. The third-order valence-electron chi connectivity index (χ3n) is 4.86. The van der Waals surface area contributed by atoms with E-state index in [1.165, 1.54) is 56.1 Å². The van der Waals surface area contributed by atoms with Gasteiger partial charge < -0.3 is 9.47 Å². The second-order valence-electron chi connectivity index (χ2n) is 7.16. The Morgan fingerprint density at radius 2 is 1.11 bits per heavy atom. The predicted octanol–water partition coefficient (Wildman–Crippen LogP) is 6.95. The molecule has 0 fully saturated rings. The van der Waals surface area contributed by atoms with E-state index in [4.69, 9.17) is 9.47 Å². The van der Waals surface area contributed by atoms with E-state index in [9.17, 15) is 0 Å². The van der Waals surface area contributed by atoms with Gasteiger partial charge in [-0.2, -0.15) is 0 Å². The van der Waals surface area contributed by atoms with Gasteiger partial charge >= 0.3 is 0 Å². The van der Waals surface area contributed by atoms with Crippen molar-refractivity contribution in [1.82, 2.24) is 0 Å². The van der Waals surface area contributed by atoms with Crippen LogP contribution in [0.4, 0.5) is 0 Å². The molecule has 2 aromatic carbocycles. The van der Waals surface area contributed by atoms with Crippen molar-refractivity contribution >= 4 is 0 Å². The van der Waals surface area contributed by atoms with Crippen molar-refractivity contribution in [2.75, 3.05) is 19.8 Å². The summed E-state index contributed by atoms with van der Waals surface area (Å²) in [5, 5.41) is 0. The summed E-state index contributed by atoms with van der Waals surface area (Å²) >= 11 is 0. The van der Waals surface area contributed by atoms with Crippen LogP contribution in [-0.2, 0) is 9.47 Å². The first-order chi connectivity index (χ1) is 13.4. The summed E-state index contributed by atoms with van der Waals surface area (Å²) in [5.74, 6) is 0. The number of ether oxygens (including phenoxy) is 2. The van der Waals surface area contributed by atoms with Crippen molar-refractivity contribution in [2.24, 2.45) is 0 Å². The van der Waals surface area contributed by atoms with Crippen molar-refractivity contribution in [3.63, 3.8) is 0 Å². The first-order valence-electron chi connectivity index (χ1n) is 10.7. The molecule has 0 aliphatic rings. The minimum Gasteiger partial charge on any atom is -0.379 e. The summed E-state index contributed by atoms with van der Waals surface area (Å²) < 4.78 is 11.9. The number of hydrogen-bond acceptors (Lipinski definition) is 2. The third kappa shape index (κ3) is 9.21. The Hall–Kier alpha value is -1.64. The molecule has 0 unspecified atom stereocenters. The van der Waals surface area contributed by atoms with E-state index in [-0.39, 0.29) is 6.10 Å². The minimum atomic E-state index is -0.0286. The van der Waals surface area contributed by atoms with Crippen molar-refractivity contribution in [2.45, 2.75) is 64.4 Å². The highest BCUT2D eigenvalue weighted by molar-refractivity contribution is 5.29. The molecule has 2 nitrogen and oxygen atoms in total. The van der Waals surface area contributed by atoms with Crippen molar-refractivity contribution < 1.29 is 9.47 Å². The highest BCUT2D eigenvalue weighted by Crippen LogP contribution is 2.25. The molecule has 0 aromatic heterocycles. The van der Waals surface area contributed by atoms with Gasteiger partial charge in [-0.3, -0.25) is 0 Å². The van der Waals surface area contributed by atoms with Gasteiger partial charge in [-0.15, -0.1) is 0 Å². The molecule has 27 heavy (non-hydrogen) atoms. The molecular formula is C25H36O2. The van der Waals surface area contributed by atoms with Gasteiger partial charge in [0, 0.05) is 6.61 Å². The zero-order chi connectivity index (χ0) is 19.0. The zero-order valence-corrected chi connectivity index (χ0v) is 16.9. The SMILES string of the molecule is CCCCCCCCCCOCCOC(c1ccccc1)c1ccccc1. The average Bonchev–Trinajstić information content (AvgIpc) is 2.73. The van der Waals surface area contributed by atoms with Crippen molar-refractivity contribution in [3.8, 4) is 0 Å². The molecule has 0 spiro atoms. The summed E-state index contributed by atoms with van der Waals surface area (Å²) in [6.45, 7) is 4.39. The number of unbranched alkanes of at least 4 members (excludes halogenated alkanes) is 7. The normalized spacial score (nSPS) is 11.2. The van der Waals surface area contributed by atoms with Crippen LogP contribution < -0.4 is 0 Å². The van der Waals surface area contributed by atoms with E-state index in [0.717, 1.165) is 13.0 Å².